The smallest absolute Gasteiger partial charge is 0.317 e. The maximum Gasteiger partial charge on any atom is 0.317 e. The van der Waals surface area contributed by atoms with Crippen molar-refractivity contribution < 1.29 is 14.3 Å². The zero-order valence-corrected chi connectivity index (χ0v) is 9.16. The predicted octanol–water partition coefficient (Wildman–Crippen LogP) is 1.82. The van der Waals surface area contributed by atoms with Crippen LogP contribution in [0.2, 0.25) is 0 Å². The number of aliphatic carboxylic acids is 1. The minimum absolute atomic E-state index is 0.0406. The Labute approximate surface area is 90.9 Å². The standard InChI is InChI=1S/C9H11FN2O2S/c1-5(2)7(8(13)14)15-9-11-3-6(10)4-12-9/h3-5,7H,1-2H3,(H,13,14). The van der Waals surface area contributed by atoms with Crippen molar-refractivity contribution in [1.82, 2.24) is 9.97 Å². The van der Waals surface area contributed by atoms with E-state index in [2.05, 4.69) is 9.97 Å². The van der Waals surface area contributed by atoms with E-state index in [1.54, 1.807) is 13.8 Å². The van der Waals surface area contributed by atoms with Crippen LogP contribution in [0.5, 0.6) is 0 Å². The van der Waals surface area contributed by atoms with Crippen molar-refractivity contribution in [1.29, 1.82) is 0 Å². The minimum atomic E-state index is -0.914. The van der Waals surface area contributed by atoms with Crippen LogP contribution in [-0.4, -0.2) is 26.3 Å². The van der Waals surface area contributed by atoms with Gasteiger partial charge in [0, 0.05) is 0 Å². The zero-order valence-electron chi connectivity index (χ0n) is 8.35. The summed E-state index contributed by atoms with van der Waals surface area (Å²) in [5.74, 6) is -1.49. The Morgan fingerprint density at radius 1 is 1.47 bits per heavy atom. The van der Waals surface area contributed by atoms with Gasteiger partial charge in [0.05, 0.1) is 12.4 Å². The van der Waals surface area contributed by atoms with Crippen LogP contribution in [0.4, 0.5) is 4.39 Å². The molecule has 0 aliphatic rings. The SMILES string of the molecule is CC(C)C(Sc1ncc(F)cn1)C(=O)O. The highest BCUT2D eigenvalue weighted by molar-refractivity contribution is 8.00. The molecule has 0 bridgehead atoms. The molecule has 1 N–H and O–H groups in total. The van der Waals surface area contributed by atoms with Gasteiger partial charge in [-0.05, 0) is 5.92 Å². The summed E-state index contributed by atoms with van der Waals surface area (Å²) < 4.78 is 12.5. The number of carbonyl (C=O) groups is 1. The largest absolute Gasteiger partial charge is 0.480 e. The van der Waals surface area contributed by atoms with E-state index in [4.69, 9.17) is 5.11 Å². The third-order valence-corrected chi connectivity index (χ3v) is 3.10. The zero-order chi connectivity index (χ0) is 11.4. The van der Waals surface area contributed by atoms with Crippen LogP contribution in [0, 0.1) is 11.7 Å². The third-order valence-electron chi connectivity index (χ3n) is 1.68. The second-order valence-electron chi connectivity index (χ2n) is 3.30. The molecule has 0 saturated heterocycles. The van der Waals surface area contributed by atoms with Gasteiger partial charge in [-0.25, -0.2) is 14.4 Å². The molecule has 1 heterocycles. The van der Waals surface area contributed by atoms with Crippen LogP contribution in [-0.2, 0) is 4.79 Å². The number of thioether (sulfide) groups is 1. The number of hydrogen-bond donors (Lipinski definition) is 1. The molecule has 82 valence electrons. The Morgan fingerprint density at radius 3 is 2.40 bits per heavy atom. The van der Waals surface area contributed by atoms with Crippen molar-refractivity contribution in [2.24, 2.45) is 5.92 Å². The van der Waals surface area contributed by atoms with Gasteiger partial charge in [-0.1, -0.05) is 25.6 Å². The van der Waals surface area contributed by atoms with Crippen molar-refractivity contribution >= 4 is 17.7 Å². The number of carboxylic acid groups (broad SMARTS) is 1. The lowest BCUT2D eigenvalue weighted by molar-refractivity contribution is -0.137. The quantitative estimate of drug-likeness (QED) is 0.631. The molecule has 6 heteroatoms. The lowest BCUT2D eigenvalue weighted by Crippen LogP contribution is -2.22. The van der Waals surface area contributed by atoms with Crippen molar-refractivity contribution in [3.8, 4) is 0 Å². The van der Waals surface area contributed by atoms with Crippen molar-refractivity contribution in [2.45, 2.75) is 24.3 Å². The van der Waals surface area contributed by atoms with Gasteiger partial charge in [-0.2, -0.15) is 0 Å². The molecular weight excluding hydrogens is 219 g/mol. The molecule has 1 aromatic rings. The van der Waals surface area contributed by atoms with Gasteiger partial charge in [0.1, 0.15) is 5.25 Å². The minimum Gasteiger partial charge on any atom is -0.480 e. The normalized spacial score (nSPS) is 12.8. The Balaban J connectivity index is 2.74. The highest BCUT2D eigenvalue weighted by Crippen LogP contribution is 2.25. The summed E-state index contributed by atoms with van der Waals surface area (Å²) in [5, 5.41) is 8.57. The van der Waals surface area contributed by atoms with Crippen LogP contribution in [0.25, 0.3) is 0 Å². The molecule has 1 atom stereocenters. The molecule has 0 fully saturated rings. The highest BCUT2D eigenvalue weighted by Gasteiger charge is 2.23. The highest BCUT2D eigenvalue weighted by atomic mass is 32.2. The summed E-state index contributed by atoms with van der Waals surface area (Å²) in [4.78, 5) is 18.3. The first kappa shape index (κ1) is 11.9. The molecule has 0 spiro atoms. The molecule has 1 aromatic heterocycles. The van der Waals surface area contributed by atoms with Crippen molar-refractivity contribution in [3.05, 3.63) is 18.2 Å². The van der Waals surface area contributed by atoms with E-state index in [-0.39, 0.29) is 11.1 Å². The Hall–Kier alpha value is -1.17. The number of nitrogens with zero attached hydrogens (tertiary/aromatic N) is 2. The van der Waals surface area contributed by atoms with Gasteiger partial charge in [0.15, 0.2) is 11.0 Å². The second kappa shape index (κ2) is 5.06. The van der Waals surface area contributed by atoms with Crippen LogP contribution < -0.4 is 0 Å². The summed E-state index contributed by atoms with van der Waals surface area (Å²) in [6, 6.07) is 0. The van der Waals surface area contributed by atoms with E-state index in [0.29, 0.717) is 0 Å². The fourth-order valence-electron chi connectivity index (χ4n) is 0.947. The number of aromatic nitrogens is 2. The van der Waals surface area contributed by atoms with Crippen LogP contribution in [0.1, 0.15) is 13.8 Å². The van der Waals surface area contributed by atoms with Gasteiger partial charge in [-0.3, -0.25) is 4.79 Å². The third kappa shape index (κ3) is 3.47. The summed E-state index contributed by atoms with van der Waals surface area (Å²) in [6.45, 7) is 3.60. The number of rotatable bonds is 4. The lowest BCUT2D eigenvalue weighted by atomic mass is 10.1. The topological polar surface area (TPSA) is 63.1 Å². The van der Waals surface area contributed by atoms with Gasteiger partial charge >= 0.3 is 5.97 Å². The fraction of sp³-hybridized carbons (Fsp3) is 0.444. The van der Waals surface area contributed by atoms with Crippen LogP contribution >= 0.6 is 11.8 Å². The summed E-state index contributed by atoms with van der Waals surface area (Å²) in [5.41, 5.74) is 0. The van der Waals surface area contributed by atoms with Gasteiger partial charge in [0.25, 0.3) is 0 Å². The van der Waals surface area contributed by atoms with Crippen molar-refractivity contribution in [2.75, 3.05) is 0 Å². The van der Waals surface area contributed by atoms with E-state index in [1.165, 1.54) is 0 Å². The summed E-state index contributed by atoms with van der Waals surface area (Å²) in [6.07, 6.45) is 2.04. The summed E-state index contributed by atoms with van der Waals surface area (Å²) >= 11 is 1.03. The Bertz CT molecular complexity index is 342. The van der Waals surface area contributed by atoms with Crippen molar-refractivity contribution in [3.63, 3.8) is 0 Å². The predicted molar refractivity (Wildman–Crippen MR) is 54.1 cm³/mol. The molecule has 1 unspecified atom stereocenters. The molecule has 1 rings (SSSR count). The first-order valence-corrected chi connectivity index (χ1v) is 5.25. The van der Waals surface area contributed by atoms with Gasteiger partial charge in [0.2, 0.25) is 0 Å². The molecule has 0 aliphatic heterocycles. The lowest BCUT2D eigenvalue weighted by Gasteiger charge is -2.13. The Kier molecular flexibility index (Phi) is 4.02. The molecule has 15 heavy (non-hydrogen) atoms. The van der Waals surface area contributed by atoms with Crippen LogP contribution in [0.3, 0.4) is 0 Å². The molecule has 0 aromatic carbocycles. The molecule has 4 nitrogen and oxygen atoms in total. The monoisotopic (exact) mass is 230 g/mol. The van der Waals surface area contributed by atoms with Gasteiger partial charge < -0.3 is 5.11 Å². The summed E-state index contributed by atoms with van der Waals surface area (Å²) in [7, 11) is 0. The maximum absolute atomic E-state index is 12.5. The number of halogens is 1. The first-order chi connectivity index (χ1) is 7.00. The molecule has 0 amide bonds. The van der Waals surface area contributed by atoms with E-state index < -0.39 is 17.0 Å². The van der Waals surface area contributed by atoms with Crippen LogP contribution in [0.15, 0.2) is 17.6 Å². The fourth-order valence-corrected chi connectivity index (χ4v) is 1.77. The average Bonchev–Trinajstić information content (AvgIpc) is 2.15. The second-order valence-corrected chi connectivity index (χ2v) is 4.41. The average molecular weight is 230 g/mol. The number of hydrogen-bond acceptors (Lipinski definition) is 4. The molecular formula is C9H11FN2O2S. The number of carboxylic acids is 1. The first-order valence-electron chi connectivity index (χ1n) is 4.37. The van der Waals surface area contributed by atoms with E-state index in [9.17, 15) is 9.18 Å². The molecule has 0 aliphatic carbocycles. The van der Waals surface area contributed by atoms with Gasteiger partial charge in [-0.15, -0.1) is 0 Å². The van der Waals surface area contributed by atoms with E-state index in [1.807, 2.05) is 0 Å². The molecule has 0 radical (unpaired) electrons. The maximum atomic E-state index is 12.5. The van der Waals surface area contributed by atoms with E-state index >= 15 is 0 Å². The van der Waals surface area contributed by atoms with E-state index in [0.717, 1.165) is 24.2 Å². The Morgan fingerprint density at radius 2 is 2.00 bits per heavy atom. The molecule has 0 saturated carbocycles.